The molecule has 3 rings (SSSR count). The van der Waals surface area contributed by atoms with Crippen LogP contribution in [-0.4, -0.2) is 8.07 Å². The molecule has 2 aromatic rings. The number of benzene rings is 2. The van der Waals surface area contributed by atoms with Crippen LogP contribution in [0, 0.1) is 0 Å². The van der Waals surface area contributed by atoms with Crippen LogP contribution in [0.25, 0.3) is 0 Å². The van der Waals surface area contributed by atoms with Gasteiger partial charge in [0.05, 0.1) is 0 Å². The van der Waals surface area contributed by atoms with E-state index in [1.54, 1.807) is 19.8 Å². The van der Waals surface area contributed by atoms with Crippen molar-refractivity contribution in [1.29, 1.82) is 0 Å². The first-order valence-corrected chi connectivity index (χ1v) is 14.1. The molecule has 1 aliphatic carbocycles. The van der Waals surface area contributed by atoms with Gasteiger partial charge >= 0.3 is 192 Å². The molecule has 172 valence electrons. The van der Waals surface area contributed by atoms with E-state index in [2.05, 4.69) is 117 Å². The van der Waals surface area contributed by atoms with Crippen molar-refractivity contribution in [2.24, 2.45) is 0 Å². The monoisotopic (exact) mass is 540 g/mol. The van der Waals surface area contributed by atoms with Gasteiger partial charge in [0.1, 0.15) is 0 Å². The van der Waals surface area contributed by atoms with Gasteiger partial charge in [-0.1, -0.05) is 0 Å². The Morgan fingerprint density at radius 3 is 1.62 bits per heavy atom. The molecule has 0 fully saturated rings. The predicted octanol–water partition coefficient (Wildman–Crippen LogP) is -2.66. The van der Waals surface area contributed by atoms with E-state index in [1.807, 2.05) is 0 Å². The molecule has 5 heteroatoms. The standard InChI is InChI=1S/C27H35Si.3ClH.Ti/c1-8-23-16-24(9-2)18-26(17-23)28(10-3,25-14-12-11-13-15-25)27(7)19-20(4)21(5)22(27)6;;;;/h11-18H,8-10H2,1-7H3;3*1H;/q;;;;+3/p-3. The molecule has 1 aliphatic rings. The smallest absolute Gasteiger partial charge is 1.00 e. The van der Waals surface area contributed by atoms with Gasteiger partial charge < -0.3 is 37.2 Å². The van der Waals surface area contributed by atoms with Crippen molar-refractivity contribution in [3.63, 3.8) is 0 Å². The normalized spacial score (nSPS) is 19.7. The van der Waals surface area contributed by atoms with Crippen molar-refractivity contribution in [1.82, 2.24) is 0 Å². The van der Waals surface area contributed by atoms with Gasteiger partial charge in [-0.3, -0.25) is 0 Å². The van der Waals surface area contributed by atoms with Crippen molar-refractivity contribution < 1.29 is 57.7 Å². The summed E-state index contributed by atoms with van der Waals surface area (Å²) in [5.41, 5.74) is 7.57. The molecule has 2 aromatic carbocycles. The Hall–Kier alpha value is -0.279. The van der Waals surface area contributed by atoms with Crippen molar-refractivity contribution in [3.05, 3.63) is 80.3 Å². The maximum Gasteiger partial charge on any atom is -1.00 e. The summed E-state index contributed by atoms with van der Waals surface area (Å²) in [7, 11) is -2.13. The molecule has 0 spiro atoms. The molecule has 0 amide bonds. The zero-order valence-electron chi connectivity index (χ0n) is 20.4. The van der Waals surface area contributed by atoms with E-state index in [4.69, 9.17) is 0 Å². The zero-order valence-corrected chi connectivity index (χ0v) is 25.2. The second-order valence-electron chi connectivity index (χ2n) is 8.75. The SMILES string of the molecule is CCc1cc(CC)cc([Si](CC)(c2ccccc2)C2(C)C(C)=C(C)C(C)=[C]2[Ti+3])c1.[Cl-].[Cl-].[Cl-]. The van der Waals surface area contributed by atoms with E-state index in [9.17, 15) is 0 Å². The van der Waals surface area contributed by atoms with Crippen molar-refractivity contribution in [2.75, 3.05) is 0 Å². The van der Waals surface area contributed by atoms with E-state index in [1.165, 1.54) is 28.3 Å². The Labute approximate surface area is 227 Å². The number of hydrogen-bond donors (Lipinski definition) is 0. The van der Waals surface area contributed by atoms with E-state index >= 15 is 0 Å². The molecule has 0 saturated heterocycles. The van der Waals surface area contributed by atoms with Gasteiger partial charge in [0.25, 0.3) is 0 Å². The molecule has 0 saturated carbocycles. The van der Waals surface area contributed by atoms with Gasteiger partial charge in [-0.15, -0.1) is 0 Å². The van der Waals surface area contributed by atoms with Gasteiger partial charge in [0.2, 0.25) is 0 Å². The largest absolute Gasteiger partial charge is 1.00 e. The summed E-state index contributed by atoms with van der Waals surface area (Å²) >= 11 is 2.40. The first-order valence-electron chi connectivity index (χ1n) is 11.1. The summed E-state index contributed by atoms with van der Waals surface area (Å²) in [4.78, 5) is 0. The summed E-state index contributed by atoms with van der Waals surface area (Å²) in [5, 5.41) is 3.29. The fraction of sp³-hybridized carbons (Fsp3) is 0.407. The third-order valence-corrected chi connectivity index (χ3v) is 15.5. The van der Waals surface area contributed by atoms with Crippen LogP contribution in [0.3, 0.4) is 0 Å². The Kier molecular flexibility index (Phi) is 12.3. The quantitative estimate of drug-likeness (QED) is 0.351. The Morgan fingerprint density at radius 2 is 1.25 bits per heavy atom. The van der Waals surface area contributed by atoms with Gasteiger partial charge in [-0.05, 0) is 0 Å². The van der Waals surface area contributed by atoms with Gasteiger partial charge in [0.15, 0.2) is 0 Å². The molecular formula is C27H35Cl3SiTi. The number of allylic oxidation sites excluding steroid dienone is 4. The molecule has 0 heterocycles. The molecule has 32 heavy (non-hydrogen) atoms. The Balaban J connectivity index is 0.00000320. The number of rotatable bonds is 6. The Bertz CT molecular complexity index is 935. The van der Waals surface area contributed by atoms with Crippen molar-refractivity contribution >= 4 is 18.4 Å². The van der Waals surface area contributed by atoms with Gasteiger partial charge in [-0.2, -0.15) is 0 Å². The van der Waals surface area contributed by atoms with Crippen LogP contribution in [0.5, 0.6) is 0 Å². The summed E-state index contributed by atoms with van der Waals surface area (Å²) in [6.07, 6.45) is 2.20. The second-order valence-corrected chi connectivity index (χ2v) is 14.2. The fourth-order valence-electron chi connectivity index (χ4n) is 5.59. The first kappa shape index (κ1) is 31.7. The molecule has 0 bridgehead atoms. The topological polar surface area (TPSA) is 0 Å². The maximum atomic E-state index is 2.56. The molecule has 2 atom stereocenters. The summed E-state index contributed by atoms with van der Waals surface area (Å²) in [6, 6.07) is 20.2. The van der Waals surface area contributed by atoms with Crippen molar-refractivity contribution in [3.8, 4) is 0 Å². The van der Waals surface area contributed by atoms with Crippen LogP contribution in [0.2, 0.25) is 11.1 Å². The van der Waals surface area contributed by atoms with E-state index in [-0.39, 0.29) is 42.3 Å². The summed E-state index contributed by atoms with van der Waals surface area (Å²) in [6.45, 7) is 16.7. The van der Waals surface area contributed by atoms with Gasteiger partial charge in [-0.25, -0.2) is 0 Å². The van der Waals surface area contributed by atoms with E-state index in [0.717, 1.165) is 12.8 Å². The first-order chi connectivity index (χ1) is 13.8. The number of halogens is 3. The van der Waals surface area contributed by atoms with Crippen LogP contribution >= 0.6 is 0 Å². The van der Waals surface area contributed by atoms with Gasteiger partial charge in [0, 0.05) is 0 Å². The minimum absolute atomic E-state index is 0. The number of aryl methyl sites for hydroxylation is 2. The zero-order chi connectivity index (χ0) is 21.4. The van der Waals surface area contributed by atoms with Crippen molar-refractivity contribution in [2.45, 2.75) is 72.4 Å². The molecule has 2 unspecified atom stereocenters. The Morgan fingerprint density at radius 1 is 0.750 bits per heavy atom. The average molecular weight is 542 g/mol. The minimum atomic E-state index is -2.13. The van der Waals surface area contributed by atoms with Crippen LogP contribution < -0.4 is 47.6 Å². The van der Waals surface area contributed by atoms with E-state index in [0.29, 0.717) is 0 Å². The van der Waals surface area contributed by atoms with Crippen LogP contribution in [0.15, 0.2) is 69.1 Å². The van der Waals surface area contributed by atoms with Crippen LogP contribution in [-0.2, 0) is 33.3 Å². The molecule has 0 radical (unpaired) electrons. The molecule has 0 N–H and O–H groups in total. The maximum absolute atomic E-state index is 2.56. The average Bonchev–Trinajstić information content (AvgIpc) is 2.91. The predicted molar refractivity (Wildman–Crippen MR) is 127 cm³/mol. The minimum Gasteiger partial charge on any atom is -1.00 e. The molecule has 0 nitrogen and oxygen atoms in total. The summed E-state index contributed by atoms with van der Waals surface area (Å²) < 4.78 is 1.59. The second kappa shape index (κ2) is 12.4. The third kappa shape index (κ3) is 4.77. The van der Waals surface area contributed by atoms with Crippen LogP contribution in [0.1, 0.15) is 59.6 Å². The molecular weight excluding hydrogens is 507 g/mol. The summed E-state index contributed by atoms with van der Waals surface area (Å²) in [5.74, 6) is 0. The molecule has 0 aliphatic heterocycles. The molecule has 0 aromatic heterocycles. The van der Waals surface area contributed by atoms with E-state index < -0.39 is 8.07 Å². The van der Waals surface area contributed by atoms with Crippen LogP contribution in [0.4, 0.5) is 0 Å². The third-order valence-electron chi connectivity index (χ3n) is 7.76. The fourth-order valence-corrected chi connectivity index (χ4v) is 13.2. The number of hydrogen-bond acceptors (Lipinski definition) is 0.